The number of phenolic OH excluding ortho intramolecular Hbond substituents is 1. The van der Waals surface area contributed by atoms with Crippen molar-refractivity contribution in [3.05, 3.63) is 48.0 Å². The third-order valence-corrected chi connectivity index (χ3v) is 2.65. The number of esters is 1. The van der Waals surface area contributed by atoms with Crippen LogP contribution in [-0.4, -0.2) is 25.3 Å². The molecule has 0 atom stereocenters. The van der Waals surface area contributed by atoms with E-state index in [2.05, 4.69) is 4.74 Å². The van der Waals surface area contributed by atoms with Crippen LogP contribution in [0.25, 0.3) is 0 Å². The topological polar surface area (TPSA) is 65.0 Å². The highest BCUT2D eigenvalue weighted by Crippen LogP contribution is 2.39. The van der Waals surface area contributed by atoms with Crippen LogP contribution in [0.2, 0.25) is 0 Å². The summed E-state index contributed by atoms with van der Waals surface area (Å²) < 4.78 is 15.2. The molecule has 0 aliphatic carbocycles. The van der Waals surface area contributed by atoms with Gasteiger partial charge in [-0.15, -0.1) is 0 Å². The Morgan fingerprint density at radius 2 is 1.70 bits per heavy atom. The van der Waals surface area contributed by atoms with E-state index in [1.807, 2.05) is 6.07 Å². The minimum absolute atomic E-state index is 0.121. The Balaban J connectivity index is 2.43. The van der Waals surface area contributed by atoms with Crippen molar-refractivity contribution in [2.45, 2.75) is 0 Å². The molecule has 2 aromatic carbocycles. The fourth-order valence-electron chi connectivity index (χ4n) is 1.67. The Bertz CT molecular complexity index is 607. The highest BCUT2D eigenvalue weighted by molar-refractivity contribution is 5.91. The van der Waals surface area contributed by atoms with Crippen molar-refractivity contribution in [2.75, 3.05) is 14.2 Å². The van der Waals surface area contributed by atoms with E-state index in [0.717, 1.165) is 0 Å². The number of para-hydroxylation sites is 1. The van der Waals surface area contributed by atoms with Crippen LogP contribution in [0.1, 0.15) is 10.4 Å². The van der Waals surface area contributed by atoms with Crippen molar-refractivity contribution >= 4 is 5.97 Å². The van der Waals surface area contributed by atoms with Crippen LogP contribution in [-0.2, 0) is 4.74 Å². The molecule has 1 N–H and O–H groups in total. The first-order valence-corrected chi connectivity index (χ1v) is 5.88. The van der Waals surface area contributed by atoms with Gasteiger partial charge in [-0.25, -0.2) is 4.79 Å². The van der Waals surface area contributed by atoms with Gasteiger partial charge < -0.3 is 19.3 Å². The number of carbonyl (C=O) groups is 1. The Kier molecular flexibility index (Phi) is 4.10. The predicted octanol–water partition coefficient (Wildman–Crippen LogP) is 2.98. The summed E-state index contributed by atoms with van der Waals surface area (Å²) in [6.45, 7) is 0. The molecule has 0 bridgehead atoms. The molecular weight excluding hydrogens is 260 g/mol. The lowest BCUT2D eigenvalue weighted by Crippen LogP contribution is -2.02. The van der Waals surface area contributed by atoms with Crippen LogP contribution in [0.4, 0.5) is 0 Å². The summed E-state index contributed by atoms with van der Waals surface area (Å²) in [6, 6.07) is 11.7. The Morgan fingerprint density at radius 1 is 1.05 bits per heavy atom. The zero-order valence-electron chi connectivity index (χ0n) is 11.1. The second-order valence-electron chi connectivity index (χ2n) is 3.93. The van der Waals surface area contributed by atoms with E-state index >= 15 is 0 Å². The number of methoxy groups -OCH3 is 2. The molecule has 0 heterocycles. The van der Waals surface area contributed by atoms with Crippen molar-refractivity contribution in [1.82, 2.24) is 0 Å². The quantitative estimate of drug-likeness (QED) is 0.868. The van der Waals surface area contributed by atoms with Crippen LogP contribution in [0, 0.1) is 0 Å². The largest absolute Gasteiger partial charge is 0.502 e. The average molecular weight is 274 g/mol. The van der Waals surface area contributed by atoms with Crippen molar-refractivity contribution in [3.63, 3.8) is 0 Å². The predicted molar refractivity (Wildman–Crippen MR) is 72.5 cm³/mol. The van der Waals surface area contributed by atoms with Crippen LogP contribution < -0.4 is 9.47 Å². The van der Waals surface area contributed by atoms with E-state index in [9.17, 15) is 9.90 Å². The van der Waals surface area contributed by atoms with Crippen LogP contribution in [0.5, 0.6) is 23.0 Å². The van der Waals surface area contributed by atoms with Crippen molar-refractivity contribution < 1.29 is 24.1 Å². The SMILES string of the molecule is COC(=O)c1cc(OC)c(O)c(Oc2ccccc2)c1. The highest BCUT2D eigenvalue weighted by Gasteiger charge is 2.17. The van der Waals surface area contributed by atoms with Gasteiger partial charge in [0.1, 0.15) is 5.75 Å². The normalized spacial score (nSPS) is 9.90. The van der Waals surface area contributed by atoms with Crippen molar-refractivity contribution in [1.29, 1.82) is 0 Å². The molecule has 5 nitrogen and oxygen atoms in total. The summed E-state index contributed by atoms with van der Waals surface area (Å²) in [5.74, 6) is 0.0758. The van der Waals surface area contributed by atoms with Gasteiger partial charge in [0.2, 0.25) is 5.75 Å². The molecule has 0 unspecified atom stereocenters. The van der Waals surface area contributed by atoms with E-state index < -0.39 is 5.97 Å². The number of hydrogen-bond donors (Lipinski definition) is 1. The molecule has 2 rings (SSSR count). The summed E-state index contributed by atoms with van der Waals surface area (Å²) in [4.78, 5) is 11.6. The molecular formula is C15H14O5. The van der Waals surface area contributed by atoms with Crippen LogP contribution in [0.15, 0.2) is 42.5 Å². The molecule has 0 saturated carbocycles. The van der Waals surface area contributed by atoms with E-state index in [4.69, 9.17) is 9.47 Å². The first-order chi connectivity index (χ1) is 9.65. The van der Waals surface area contributed by atoms with Gasteiger partial charge in [-0.1, -0.05) is 18.2 Å². The lowest BCUT2D eigenvalue weighted by molar-refractivity contribution is 0.0600. The summed E-state index contributed by atoms with van der Waals surface area (Å²) in [5, 5.41) is 10.0. The number of benzene rings is 2. The average Bonchev–Trinajstić information content (AvgIpc) is 2.49. The summed E-state index contributed by atoms with van der Waals surface area (Å²) >= 11 is 0. The van der Waals surface area contributed by atoms with Crippen LogP contribution >= 0.6 is 0 Å². The molecule has 0 spiro atoms. The van der Waals surface area contributed by atoms with Crippen molar-refractivity contribution in [2.24, 2.45) is 0 Å². The van der Waals surface area contributed by atoms with Gasteiger partial charge in [-0.05, 0) is 24.3 Å². The number of aromatic hydroxyl groups is 1. The van der Waals surface area contributed by atoms with Gasteiger partial charge in [0.25, 0.3) is 0 Å². The molecule has 104 valence electrons. The van der Waals surface area contributed by atoms with Crippen LogP contribution in [0.3, 0.4) is 0 Å². The maximum atomic E-state index is 11.6. The smallest absolute Gasteiger partial charge is 0.338 e. The minimum atomic E-state index is -0.541. The zero-order valence-corrected chi connectivity index (χ0v) is 11.1. The lowest BCUT2D eigenvalue weighted by Gasteiger charge is -2.12. The Hall–Kier alpha value is -2.69. The molecule has 0 aliphatic rings. The number of ether oxygens (including phenoxy) is 3. The van der Waals surface area contributed by atoms with E-state index in [1.165, 1.54) is 26.4 Å². The minimum Gasteiger partial charge on any atom is -0.502 e. The Morgan fingerprint density at radius 3 is 2.30 bits per heavy atom. The number of phenols is 1. The standard InChI is InChI=1S/C15H14O5/c1-18-12-8-10(15(17)19-2)9-13(14(12)16)20-11-6-4-3-5-7-11/h3-9,16H,1-2H3. The molecule has 0 amide bonds. The molecule has 2 aromatic rings. The zero-order chi connectivity index (χ0) is 14.5. The highest BCUT2D eigenvalue weighted by atomic mass is 16.5. The van der Waals surface area contributed by atoms with Gasteiger partial charge in [-0.3, -0.25) is 0 Å². The molecule has 0 radical (unpaired) electrons. The third kappa shape index (κ3) is 2.83. The number of hydrogen-bond acceptors (Lipinski definition) is 5. The van der Waals surface area contributed by atoms with Gasteiger partial charge in [0.15, 0.2) is 11.5 Å². The molecule has 20 heavy (non-hydrogen) atoms. The van der Waals surface area contributed by atoms with Gasteiger partial charge in [-0.2, -0.15) is 0 Å². The number of rotatable bonds is 4. The monoisotopic (exact) mass is 274 g/mol. The van der Waals surface area contributed by atoms with E-state index in [0.29, 0.717) is 5.75 Å². The van der Waals surface area contributed by atoms with Gasteiger partial charge in [0, 0.05) is 0 Å². The summed E-state index contributed by atoms with van der Waals surface area (Å²) in [5.41, 5.74) is 0.230. The summed E-state index contributed by atoms with van der Waals surface area (Å²) in [7, 11) is 2.67. The number of carbonyl (C=O) groups excluding carboxylic acids is 1. The maximum absolute atomic E-state index is 11.6. The lowest BCUT2D eigenvalue weighted by atomic mass is 10.2. The van der Waals surface area contributed by atoms with E-state index in [-0.39, 0.29) is 22.8 Å². The molecule has 0 aliphatic heterocycles. The molecule has 0 saturated heterocycles. The fourth-order valence-corrected chi connectivity index (χ4v) is 1.67. The fraction of sp³-hybridized carbons (Fsp3) is 0.133. The summed E-state index contributed by atoms with van der Waals surface area (Å²) in [6.07, 6.45) is 0. The van der Waals surface area contributed by atoms with E-state index in [1.54, 1.807) is 24.3 Å². The second-order valence-corrected chi connectivity index (χ2v) is 3.93. The molecule has 0 fully saturated rings. The van der Waals surface area contributed by atoms with Crippen molar-refractivity contribution in [3.8, 4) is 23.0 Å². The van der Waals surface area contributed by atoms with Gasteiger partial charge in [0.05, 0.1) is 19.8 Å². The first kappa shape index (κ1) is 13.7. The molecule has 0 aromatic heterocycles. The first-order valence-electron chi connectivity index (χ1n) is 5.88. The Labute approximate surface area is 116 Å². The van der Waals surface area contributed by atoms with Gasteiger partial charge >= 0.3 is 5.97 Å². The maximum Gasteiger partial charge on any atom is 0.338 e. The second kappa shape index (κ2) is 5.97. The molecule has 5 heteroatoms. The third-order valence-electron chi connectivity index (χ3n) is 2.65.